The molecule has 2 aromatic heterocycles. The first-order chi connectivity index (χ1) is 14.7. The van der Waals surface area contributed by atoms with Crippen LogP contribution in [0.25, 0.3) is 22.8 Å². The summed E-state index contributed by atoms with van der Waals surface area (Å²) < 4.78 is 0. The van der Waals surface area contributed by atoms with Crippen molar-refractivity contribution < 1.29 is 4.79 Å². The summed E-state index contributed by atoms with van der Waals surface area (Å²) in [6, 6.07) is 18.2. The first-order valence-electron chi connectivity index (χ1n) is 9.76. The summed E-state index contributed by atoms with van der Waals surface area (Å²) in [5.74, 6) is 0.624. The van der Waals surface area contributed by atoms with Crippen molar-refractivity contribution in [1.82, 2.24) is 20.3 Å². The van der Waals surface area contributed by atoms with Crippen molar-refractivity contribution in [3.63, 3.8) is 0 Å². The summed E-state index contributed by atoms with van der Waals surface area (Å²) in [5.41, 5.74) is 6.44. The largest absolute Gasteiger partial charge is 0.356 e. The summed E-state index contributed by atoms with van der Waals surface area (Å²) in [6.45, 7) is 0.658. The van der Waals surface area contributed by atoms with Crippen LogP contribution in [0.2, 0.25) is 0 Å². The molecule has 0 radical (unpaired) electrons. The average molecular weight is 411 g/mol. The quantitative estimate of drug-likeness (QED) is 0.394. The molecule has 4 heterocycles. The molecule has 2 aliphatic rings. The van der Waals surface area contributed by atoms with Crippen molar-refractivity contribution in [2.75, 3.05) is 11.9 Å². The number of hydrogen-bond donors (Lipinski definition) is 3. The Morgan fingerprint density at radius 3 is 2.80 bits per heavy atom. The number of H-pyrrole nitrogens is 1. The van der Waals surface area contributed by atoms with Gasteiger partial charge < -0.3 is 15.6 Å². The first kappa shape index (κ1) is 17.3. The number of para-hydroxylation sites is 1. The minimum absolute atomic E-state index is 0.0347. The maximum atomic E-state index is 12.1. The fourth-order valence-corrected chi connectivity index (χ4v) is 4.88. The van der Waals surface area contributed by atoms with E-state index < -0.39 is 0 Å². The predicted octanol–water partition coefficient (Wildman–Crippen LogP) is 4.63. The Balaban J connectivity index is 1.36. The third-order valence-corrected chi connectivity index (χ3v) is 6.49. The van der Waals surface area contributed by atoms with Crippen molar-refractivity contribution >= 4 is 29.0 Å². The number of hydrogen-bond acceptors (Lipinski definition) is 5. The van der Waals surface area contributed by atoms with Gasteiger partial charge in [-0.3, -0.25) is 4.79 Å². The molecule has 0 bridgehead atoms. The Labute approximate surface area is 177 Å². The van der Waals surface area contributed by atoms with Gasteiger partial charge in [0.1, 0.15) is 0 Å². The summed E-state index contributed by atoms with van der Waals surface area (Å²) in [5, 5.41) is 6.36. The van der Waals surface area contributed by atoms with Crippen LogP contribution >= 0.6 is 11.8 Å². The third kappa shape index (κ3) is 2.86. The predicted molar refractivity (Wildman–Crippen MR) is 117 cm³/mol. The first-order valence-corrected chi connectivity index (χ1v) is 10.6. The number of fused-ring (bicyclic) bond motifs is 3. The second kappa shape index (κ2) is 6.74. The van der Waals surface area contributed by atoms with Crippen LogP contribution in [0.3, 0.4) is 0 Å². The monoisotopic (exact) mass is 411 g/mol. The summed E-state index contributed by atoms with van der Waals surface area (Å²) in [4.78, 5) is 27.0. The number of nitrogens with one attached hydrogen (secondary N) is 3. The van der Waals surface area contributed by atoms with E-state index in [1.807, 2.05) is 30.3 Å². The fraction of sp³-hybridized carbons (Fsp3) is 0.0870. The van der Waals surface area contributed by atoms with Gasteiger partial charge in [-0.1, -0.05) is 23.9 Å². The number of aromatic amines is 1. The molecular weight excluding hydrogens is 394 g/mol. The van der Waals surface area contributed by atoms with Crippen LogP contribution in [-0.4, -0.2) is 27.4 Å². The van der Waals surface area contributed by atoms with E-state index >= 15 is 0 Å². The van der Waals surface area contributed by atoms with Crippen LogP contribution in [0.1, 0.15) is 16.1 Å². The van der Waals surface area contributed by atoms with E-state index in [9.17, 15) is 4.79 Å². The molecule has 0 unspecified atom stereocenters. The number of benzene rings is 2. The smallest absolute Gasteiger partial charge is 0.253 e. The summed E-state index contributed by atoms with van der Waals surface area (Å²) >= 11 is 1.74. The minimum Gasteiger partial charge on any atom is -0.356 e. The molecular formula is C23H17N5OS. The highest BCUT2D eigenvalue weighted by atomic mass is 32.2. The van der Waals surface area contributed by atoms with E-state index in [4.69, 9.17) is 4.98 Å². The lowest BCUT2D eigenvalue weighted by atomic mass is 10.1. The van der Waals surface area contributed by atoms with Crippen LogP contribution in [0.15, 0.2) is 70.6 Å². The van der Waals surface area contributed by atoms with Crippen molar-refractivity contribution in [3.8, 4) is 22.8 Å². The zero-order valence-corrected chi connectivity index (χ0v) is 16.7. The Kier molecular flexibility index (Phi) is 3.89. The van der Waals surface area contributed by atoms with Gasteiger partial charge in [-0.15, -0.1) is 0 Å². The van der Waals surface area contributed by atoms with Gasteiger partial charge in [-0.25, -0.2) is 9.97 Å². The molecule has 0 aliphatic carbocycles. The van der Waals surface area contributed by atoms with E-state index in [0.717, 1.165) is 45.3 Å². The molecule has 0 saturated carbocycles. The molecule has 0 atom stereocenters. The van der Waals surface area contributed by atoms with Gasteiger partial charge in [0.2, 0.25) is 0 Å². The summed E-state index contributed by atoms with van der Waals surface area (Å²) in [6.07, 6.45) is 2.56. The lowest BCUT2D eigenvalue weighted by Crippen LogP contribution is -2.31. The SMILES string of the molecule is O=C1NCCc2[nH]c(-c3ccnc(-c4ccc5c(c4)Sc4ccccc4N5)n3)cc21. The van der Waals surface area contributed by atoms with Crippen LogP contribution in [0.5, 0.6) is 0 Å². The van der Waals surface area contributed by atoms with Crippen molar-refractivity contribution in [3.05, 3.63) is 72.1 Å². The molecule has 4 aromatic rings. The molecule has 0 spiro atoms. The second-order valence-corrected chi connectivity index (χ2v) is 8.36. The summed E-state index contributed by atoms with van der Waals surface area (Å²) in [7, 11) is 0. The van der Waals surface area contributed by atoms with Gasteiger partial charge >= 0.3 is 0 Å². The Morgan fingerprint density at radius 2 is 1.87 bits per heavy atom. The van der Waals surface area contributed by atoms with E-state index in [1.165, 1.54) is 4.90 Å². The van der Waals surface area contributed by atoms with Crippen molar-refractivity contribution in [2.45, 2.75) is 16.2 Å². The molecule has 0 saturated heterocycles. The van der Waals surface area contributed by atoms with Gasteiger partial charge in [0.15, 0.2) is 5.82 Å². The average Bonchev–Trinajstić information content (AvgIpc) is 3.23. The highest BCUT2D eigenvalue weighted by Gasteiger charge is 2.21. The normalized spacial score (nSPS) is 14.2. The van der Waals surface area contributed by atoms with Crippen LogP contribution < -0.4 is 10.6 Å². The van der Waals surface area contributed by atoms with Crippen molar-refractivity contribution in [1.29, 1.82) is 0 Å². The van der Waals surface area contributed by atoms with Crippen LogP contribution in [-0.2, 0) is 6.42 Å². The number of rotatable bonds is 2. The highest BCUT2D eigenvalue weighted by Crippen LogP contribution is 2.45. The van der Waals surface area contributed by atoms with E-state index in [1.54, 1.807) is 18.0 Å². The standard InChI is InChI=1S/C23H17N5OS/c29-23-14-12-19(26-15(14)7-10-25-23)16-8-9-24-22(28-16)13-5-6-18-21(11-13)30-20-4-2-1-3-17(20)27-18/h1-6,8-9,11-12,26-27H,7,10H2,(H,25,29). The number of anilines is 2. The van der Waals surface area contributed by atoms with Gasteiger partial charge in [0.25, 0.3) is 5.91 Å². The van der Waals surface area contributed by atoms with Crippen LogP contribution in [0.4, 0.5) is 11.4 Å². The number of carbonyl (C=O) groups is 1. The number of nitrogens with zero attached hydrogens (tertiary/aromatic N) is 2. The van der Waals surface area contributed by atoms with Gasteiger partial charge in [-0.05, 0) is 42.5 Å². The Bertz CT molecular complexity index is 1310. The number of aromatic nitrogens is 3. The molecule has 6 nitrogen and oxygen atoms in total. The molecule has 146 valence electrons. The molecule has 6 rings (SSSR count). The topological polar surface area (TPSA) is 82.7 Å². The highest BCUT2D eigenvalue weighted by molar-refractivity contribution is 7.99. The van der Waals surface area contributed by atoms with E-state index in [2.05, 4.69) is 44.9 Å². The maximum absolute atomic E-state index is 12.1. The zero-order chi connectivity index (χ0) is 20.1. The van der Waals surface area contributed by atoms with Gasteiger partial charge in [-0.2, -0.15) is 0 Å². The lowest BCUT2D eigenvalue weighted by Gasteiger charge is -2.21. The van der Waals surface area contributed by atoms with Gasteiger partial charge in [0, 0.05) is 40.2 Å². The fourth-order valence-electron chi connectivity index (χ4n) is 3.85. The Hall–Kier alpha value is -3.58. The van der Waals surface area contributed by atoms with Crippen LogP contribution in [0, 0.1) is 0 Å². The van der Waals surface area contributed by atoms with Crippen molar-refractivity contribution in [2.24, 2.45) is 0 Å². The second-order valence-electron chi connectivity index (χ2n) is 7.28. The third-order valence-electron chi connectivity index (χ3n) is 5.35. The van der Waals surface area contributed by atoms with Gasteiger partial charge in [0.05, 0.1) is 28.3 Å². The lowest BCUT2D eigenvalue weighted by molar-refractivity contribution is 0.0946. The Morgan fingerprint density at radius 1 is 0.967 bits per heavy atom. The minimum atomic E-state index is -0.0347. The maximum Gasteiger partial charge on any atom is 0.253 e. The molecule has 7 heteroatoms. The molecule has 0 fully saturated rings. The molecule has 1 amide bonds. The molecule has 30 heavy (non-hydrogen) atoms. The number of amides is 1. The zero-order valence-electron chi connectivity index (χ0n) is 15.9. The number of carbonyl (C=O) groups excluding carboxylic acids is 1. The van der Waals surface area contributed by atoms with E-state index in [0.29, 0.717) is 17.9 Å². The van der Waals surface area contributed by atoms with E-state index in [-0.39, 0.29) is 5.91 Å². The molecule has 2 aliphatic heterocycles. The molecule has 3 N–H and O–H groups in total. The molecule has 2 aromatic carbocycles.